The van der Waals surface area contributed by atoms with E-state index in [0.717, 1.165) is 44.1 Å². The maximum atomic E-state index is 12.5. The monoisotopic (exact) mass is 343 g/mol. The second-order valence-corrected chi connectivity index (χ2v) is 7.56. The Bertz CT molecular complexity index is 576. The highest BCUT2D eigenvalue weighted by atomic mass is 16.2. The van der Waals surface area contributed by atoms with Gasteiger partial charge >= 0.3 is 0 Å². The fraction of sp³-hybridized carbons (Fsp3) is 0.650. The fourth-order valence-corrected chi connectivity index (χ4v) is 4.05. The summed E-state index contributed by atoms with van der Waals surface area (Å²) in [7, 11) is 0. The first kappa shape index (κ1) is 17.9. The molecule has 3 rings (SSSR count). The van der Waals surface area contributed by atoms with Crippen molar-refractivity contribution in [2.24, 2.45) is 11.8 Å². The zero-order chi connectivity index (χ0) is 17.6. The molecule has 25 heavy (non-hydrogen) atoms. The standard InChI is InChI=1S/C20H29N3O2/c1-14(17-7-4-12-21-13-17)22-19(24)16-8-10-18(11-9-16)23-20(25)15-5-2-3-6-15/h4,7,12-16,18H,2-3,5-6,8-11H2,1H3,(H,22,24)(H,23,25)/t14-,16?,18?/m0/s1. The van der Waals surface area contributed by atoms with Crippen molar-refractivity contribution in [1.82, 2.24) is 15.6 Å². The van der Waals surface area contributed by atoms with Crippen LogP contribution in [0.1, 0.15) is 69.9 Å². The molecule has 1 heterocycles. The molecule has 2 aliphatic carbocycles. The molecule has 0 aromatic carbocycles. The van der Waals surface area contributed by atoms with E-state index >= 15 is 0 Å². The number of hydrogen-bond acceptors (Lipinski definition) is 3. The molecule has 0 radical (unpaired) electrons. The van der Waals surface area contributed by atoms with E-state index in [0.29, 0.717) is 0 Å². The molecule has 1 atom stereocenters. The molecule has 1 aromatic heterocycles. The van der Waals surface area contributed by atoms with E-state index in [9.17, 15) is 9.59 Å². The Morgan fingerprint density at radius 2 is 1.72 bits per heavy atom. The minimum Gasteiger partial charge on any atom is -0.353 e. The number of carbonyl (C=O) groups excluding carboxylic acids is 2. The molecule has 1 aromatic rings. The van der Waals surface area contributed by atoms with Gasteiger partial charge in [-0.1, -0.05) is 18.9 Å². The first-order valence-corrected chi connectivity index (χ1v) is 9.64. The summed E-state index contributed by atoms with van der Waals surface area (Å²) >= 11 is 0. The quantitative estimate of drug-likeness (QED) is 0.863. The normalized spacial score (nSPS) is 25.3. The van der Waals surface area contributed by atoms with Crippen molar-refractivity contribution in [1.29, 1.82) is 0 Å². The van der Waals surface area contributed by atoms with Crippen molar-refractivity contribution in [3.05, 3.63) is 30.1 Å². The van der Waals surface area contributed by atoms with Gasteiger partial charge in [-0.15, -0.1) is 0 Å². The van der Waals surface area contributed by atoms with Crippen molar-refractivity contribution >= 4 is 11.8 Å². The van der Waals surface area contributed by atoms with E-state index in [1.807, 2.05) is 19.1 Å². The van der Waals surface area contributed by atoms with Crippen LogP contribution in [0.4, 0.5) is 0 Å². The zero-order valence-electron chi connectivity index (χ0n) is 15.0. The maximum Gasteiger partial charge on any atom is 0.223 e. The number of aromatic nitrogens is 1. The first-order valence-electron chi connectivity index (χ1n) is 9.64. The van der Waals surface area contributed by atoms with Crippen LogP contribution in [0.5, 0.6) is 0 Å². The van der Waals surface area contributed by atoms with Gasteiger partial charge in [0.1, 0.15) is 0 Å². The summed E-state index contributed by atoms with van der Waals surface area (Å²) in [5, 5.41) is 6.31. The largest absolute Gasteiger partial charge is 0.353 e. The van der Waals surface area contributed by atoms with Crippen molar-refractivity contribution < 1.29 is 9.59 Å². The van der Waals surface area contributed by atoms with Gasteiger partial charge in [0, 0.05) is 30.3 Å². The van der Waals surface area contributed by atoms with Crippen molar-refractivity contribution in [3.63, 3.8) is 0 Å². The molecule has 2 amide bonds. The Labute approximate surface area is 150 Å². The molecule has 0 bridgehead atoms. The van der Waals surface area contributed by atoms with Gasteiger partial charge in [-0.3, -0.25) is 14.6 Å². The van der Waals surface area contributed by atoms with Gasteiger partial charge in [0.2, 0.25) is 11.8 Å². The lowest BCUT2D eigenvalue weighted by Crippen LogP contribution is -2.42. The summed E-state index contributed by atoms with van der Waals surface area (Å²) < 4.78 is 0. The summed E-state index contributed by atoms with van der Waals surface area (Å²) in [6, 6.07) is 4.08. The van der Waals surface area contributed by atoms with E-state index in [-0.39, 0.29) is 35.7 Å². The van der Waals surface area contributed by atoms with Gasteiger partial charge < -0.3 is 10.6 Å². The molecule has 2 N–H and O–H groups in total. The Morgan fingerprint density at radius 1 is 1.04 bits per heavy atom. The van der Waals surface area contributed by atoms with Crippen LogP contribution in [0.15, 0.2) is 24.5 Å². The van der Waals surface area contributed by atoms with E-state index in [4.69, 9.17) is 0 Å². The lowest BCUT2D eigenvalue weighted by molar-refractivity contribution is -0.127. The lowest BCUT2D eigenvalue weighted by Gasteiger charge is -2.30. The lowest BCUT2D eigenvalue weighted by atomic mass is 9.85. The summed E-state index contributed by atoms with van der Waals surface area (Å²) in [4.78, 5) is 28.8. The van der Waals surface area contributed by atoms with Crippen LogP contribution in [0.2, 0.25) is 0 Å². The van der Waals surface area contributed by atoms with Gasteiger partial charge in [-0.2, -0.15) is 0 Å². The van der Waals surface area contributed by atoms with Crippen molar-refractivity contribution in [3.8, 4) is 0 Å². The molecule has 5 nitrogen and oxygen atoms in total. The van der Waals surface area contributed by atoms with Gasteiger partial charge in [0.05, 0.1) is 6.04 Å². The molecular formula is C20H29N3O2. The van der Waals surface area contributed by atoms with Crippen LogP contribution in [-0.2, 0) is 9.59 Å². The SMILES string of the molecule is C[C@H](NC(=O)C1CCC(NC(=O)C2CCCC2)CC1)c1cccnc1. The predicted molar refractivity (Wildman–Crippen MR) is 96.6 cm³/mol. The van der Waals surface area contributed by atoms with E-state index < -0.39 is 0 Å². The Morgan fingerprint density at radius 3 is 2.36 bits per heavy atom. The van der Waals surface area contributed by atoms with E-state index in [1.54, 1.807) is 12.4 Å². The number of nitrogens with one attached hydrogen (secondary N) is 2. The van der Waals surface area contributed by atoms with Crippen LogP contribution >= 0.6 is 0 Å². The molecule has 0 aliphatic heterocycles. The average molecular weight is 343 g/mol. The van der Waals surface area contributed by atoms with E-state index in [1.165, 1.54) is 12.8 Å². The summed E-state index contributed by atoms with van der Waals surface area (Å²) in [6.07, 6.45) is 11.5. The van der Waals surface area contributed by atoms with Gasteiger partial charge in [-0.25, -0.2) is 0 Å². The predicted octanol–water partition coefficient (Wildman–Crippen LogP) is 3.12. The van der Waals surface area contributed by atoms with Crippen molar-refractivity contribution in [2.45, 2.75) is 70.4 Å². The fourth-order valence-electron chi connectivity index (χ4n) is 4.05. The summed E-state index contributed by atoms with van der Waals surface area (Å²) in [6.45, 7) is 1.99. The molecule has 136 valence electrons. The van der Waals surface area contributed by atoms with Crippen LogP contribution in [-0.4, -0.2) is 22.8 Å². The molecule has 0 saturated heterocycles. The zero-order valence-corrected chi connectivity index (χ0v) is 15.0. The topological polar surface area (TPSA) is 71.1 Å². The molecule has 5 heteroatoms. The number of pyridine rings is 1. The van der Waals surface area contributed by atoms with Crippen LogP contribution in [0.25, 0.3) is 0 Å². The van der Waals surface area contributed by atoms with Gasteiger partial charge in [0.25, 0.3) is 0 Å². The molecule has 0 spiro atoms. The highest BCUT2D eigenvalue weighted by Gasteiger charge is 2.30. The first-order chi connectivity index (χ1) is 12.1. The third-order valence-corrected chi connectivity index (χ3v) is 5.71. The van der Waals surface area contributed by atoms with Crippen LogP contribution in [0, 0.1) is 11.8 Å². The minimum absolute atomic E-state index is 0.0269. The second kappa shape index (κ2) is 8.45. The molecule has 2 aliphatic rings. The minimum atomic E-state index is -0.0269. The molecular weight excluding hydrogens is 314 g/mol. The Hall–Kier alpha value is -1.91. The van der Waals surface area contributed by atoms with Gasteiger partial charge in [-0.05, 0) is 57.1 Å². The number of nitrogens with zero attached hydrogens (tertiary/aromatic N) is 1. The van der Waals surface area contributed by atoms with Gasteiger partial charge in [0.15, 0.2) is 0 Å². The molecule has 0 unspecified atom stereocenters. The Balaban J connectivity index is 1.42. The molecule has 2 saturated carbocycles. The third-order valence-electron chi connectivity index (χ3n) is 5.71. The highest BCUT2D eigenvalue weighted by molar-refractivity contribution is 5.80. The Kier molecular flexibility index (Phi) is 6.05. The van der Waals surface area contributed by atoms with Crippen LogP contribution in [0.3, 0.4) is 0 Å². The number of hydrogen-bond donors (Lipinski definition) is 2. The smallest absolute Gasteiger partial charge is 0.223 e. The van der Waals surface area contributed by atoms with Crippen molar-refractivity contribution in [2.75, 3.05) is 0 Å². The number of amides is 2. The molecule has 2 fully saturated rings. The third kappa shape index (κ3) is 4.80. The second-order valence-electron chi connectivity index (χ2n) is 7.56. The van der Waals surface area contributed by atoms with E-state index in [2.05, 4.69) is 15.6 Å². The number of carbonyl (C=O) groups is 2. The highest BCUT2D eigenvalue weighted by Crippen LogP contribution is 2.28. The number of rotatable bonds is 5. The van der Waals surface area contributed by atoms with Crippen LogP contribution < -0.4 is 10.6 Å². The summed E-state index contributed by atoms with van der Waals surface area (Å²) in [5.41, 5.74) is 1.02. The maximum absolute atomic E-state index is 12.5. The average Bonchev–Trinajstić information content (AvgIpc) is 3.18. The summed E-state index contributed by atoms with van der Waals surface area (Å²) in [5.74, 6) is 0.632.